The molecule has 3 nitrogen and oxygen atoms in total. The van der Waals surface area contributed by atoms with Crippen molar-refractivity contribution in [2.24, 2.45) is 5.73 Å². The van der Waals surface area contributed by atoms with E-state index in [-0.39, 0.29) is 5.75 Å². The third kappa shape index (κ3) is 2.84. The Labute approximate surface area is 89.2 Å². The molecule has 1 amide bonds. The number of phenolic OH excluding ortho intramolecular Hbond substituents is 1. The molecule has 0 spiro atoms. The van der Waals surface area contributed by atoms with E-state index in [2.05, 4.69) is 0 Å². The van der Waals surface area contributed by atoms with Gasteiger partial charge in [0.25, 0.3) is 0 Å². The first-order chi connectivity index (χ1) is 7.04. The Morgan fingerprint density at radius 1 is 1.53 bits per heavy atom. The van der Waals surface area contributed by atoms with E-state index in [1.54, 1.807) is 25.1 Å². The number of amides is 1. The van der Waals surface area contributed by atoms with Crippen molar-refractivity contribution in [1.82, 2.24) is 0 Å². The fourth-order valence-electron chi connectivity index (χ4n) is 1.38. The lowest BCUT2D eigenvalue weighted by Gasteiger charge is -2.05. The van der Waals surface area contributed by atoms with Crippen LogP contribution in [0.3, 0.4) is 0 Å². The molecule has 0 aliphatic rings. The molecule has 0 fully saturated rings. The van der Waals surface area contributed by atoms with E-state index in [1.165, 1.54) is 0 Å². The average Bonchev–Trinajstić information content (AvgIpc) is 2.19. The second-order valence-corrected chi connectivity index (χ2v) is 3.48. The van der Waals surface area contributed by atoms with Gasteiger partial charge in [-0.2, -0.15) is 0 Å². The van der Waals surface area contributed by atoms with Gasteiger partial charge in [-0.25, -0.2) is 0 Å². The molecule has 0 bridgehead atoms. The number of phenols is 1. The topological polar surface area (TPSA) is 63.3 Å². The van der Waals surface area contributed by atoms with Crippen LogP contribution in [0.2, 0.25) is 0 Å². The Bertz CT molecular complexity index is 408. The number of nitrogens with two attached hydrogens (primary N) is 1. The average molecular weight is 205 g/mol. The molecule has 15 heavy (non-hydrogen) atoms. The minimum atomic E-state index is -0.400. The van der Waals surface area contributed by atoms with Crippen LogP contribution in [-0.2, 0) is 11.2 Å². The van der Waals surface area contributed by atoms with Crippen molar-refractivity contribution >= 4 is 5.91 Å². The van der Waals surface area contributed by atoms with Gasteiger partial charge < -0.3 is 10.8 Å². The number of rotatable bonds is 3. The summed E-state index contributed by atoms with van der Waals surface area (Å²) in [5.41, 5.74) is 7.56. The zero-order valence-electron chi connectivity index (χ0n) is 8.95. The second kappa shape index (κ2) is 4.64. The number of carbonyl (C=O) groups excluding carboxylic acids is 1. The first-order valence-corrected chi connectivity index (χ1v) is 4.78. The van der Waals surface area contributed by atoms with Crippen LogP contribution >= 0.6 is 0 Å². The van der Waals surface area contributed by atoms with Crippen molar-refractivity contribution in [1.29, 1.82) is 0 Å². The highest BCUT2D eigenvalue weighted by Gasteiger charge is 2.05. The zero-order valence-corrected chi connectivity index (χ0v) is 8.95. The van der Waals surface area contributed by atoms with E-state index in [1.807, 2.05) is 13.0 Å². The van der Waals surface area contributed by atoms with Gasteiger partial charge in [-0.3, -0.25) is 4.79 Å². The molecular weight excluding hydrogens is 190 g/mol. The molecule has 1 aromatic rings. The van der Waals surface area contributed by atoms with Gasteiger partial charge in [0.15, 0.2) is 0 Å². The van der Waals surface area contributed by atoms with Gasteiger partial charge in [-0.1, -0.05) is 18.2 Å². The SMILES string of the molecule is CC=C(Cc1ccc(O)c(C)c1)C(N)=O. The summed E-state index contributed by atoms with van der Waals surface area (Å²) in [5.74, 6) is -0.136. The third-order valence-electron chi connectivity index (χ3n) is 2.32. The fourth-order valence-corrected chi connectivity index (χ4v) is 1.38. The fraction of sp³-hybridized carbons (Fsp3) is 0.250. The van der Waals surface area contributed by atoms with E-state index in [0.717, 1.165) is 11.1 Å². The lowest BCUT2D eigenvalue weighted by Crippen LogP contribution is -2.15. The number of aryl methyl sites for hydroxylation is 1. The molecular formula is C12H15NO2. The van der Waals surface area contributed by atoms with Crippen LogP contribution in [0.25, 0.3) is 0 Å². The first kappa shape index (κ1) is 11.3. The van der Waals surface area contributed by atoms with Crippen molar-refractivity contribution < 1.29 is 9.90 Å². The zero-order chi connectivity index (χ0) is 11.4. The van der Waals surface area contributed by atoms with Crippen molar-refractivity contribution in [2.75, 3.05) is 0 Å². The maximum Gasteiger partial charge on any atom is 0.244 e. The summed E-state index contributed by atoms with van der Waals surface area (Å²) in [6, 6.07) is 5.26. The van der Waals surface area contributed by atoms with E-state index in [0.29, 0.717) is 12.0 Å². The van der Waals surface area contributed by atoms with Crippen LogP contribution in [0.15, 0.2) is 29.8 Å². The van der Waals surface area contributed by atoms with Crippen LogP contribution in [0.5, 0.6) is 5.75 Å². The number of primary amides is 1. The number of allylic oxidation sites excluding steroid dienone is 1. The third-order valence-corrected chi connectivity index (χ3v) is 2.32. The lowest BCUT2D eigenvalue weighted by atomic mass is 10.0. The summed E-state index contributed by atoms with van der Waals surface area (Å²) in [6.07, 6.45) is 2.22. The van der Waals surface area contributed by atoms with Crippen LogP contribution in [0.1, 0.15) is 18.1 Å². The highest BCUT2D eigenvalue weighted by molar-refractivity contribution is 5.92. The molecule has 3 N–H and O–H groups in total. The molecule has 0 saturated heterocycles. The Morgan fingerprint density at radius 3 is 2.67 bits per heavy atom. The smallest absolute Gasteiger partial charge is 0.244 e. The molecule has 1 aromatic carbocycles. The molecule has 0 aliphatic heterocycles. The van der Waals surface area contributed by atoms with Gasteiger partial charge in [0.2, 0.25) is 5.91 Å². The normalized spacial score (nSPS) is 11.5. The molecule has 0 unspecified atom stereocenters. The Balaban J connectivity index is 2.90. The summed E-state index contributed by atoms with van der Waals surface area (Å²) >= 11 is 0. The number of carbonyl (C=O) groups is 1. The van der Waals surface area contributed by atoms with Gasteiger partial charge in [-0.05, 0) is 31.0 Å². The van der Waals surface area contributed by atoms with E-state index in [4.69, 9.17) is 5.73 Å². The van der Waals surface area contributed by atoms with Crippen molar-refractivity contribution in [2.45, 2.75) is 20.3 Å². The van der Waals surface area contributed by atoms with E-state index in [9.17, 15) is 9.90 Å². The predicted molar refractivity (Wildman–Crippen MR) is 59.5 cm³/mol. The van der Waals surface area contributed by atoms with E-state index >= 15 is 0 Å². The molecule has 3 heteroatoms. The minimum Gasteiger partial charge on any atom is -0.508 e. The van der Waals surface area contributed by atoms with Gasteiger partial charge >= 0.3 is 0 Å². The van der Waals surface area contributed by atoms with Crippen LogP contribution in [0.4, 0.5) is 0 Å². The lowest BCUT2D eigenvalue weighted by molar-refractivity contribution is -0.114. The monoisotopic (exact) mass is 205 g/mol. The van der Waals surface area contributed by atoms with Crippen molar-refractivity contribution in [3.05, 3.63) is 41.0 Å². The summed E-state index contributed by atoms with van der Waals surface area (Å²) in [5, 5.41) is 9.34. The molecule has 0 radical (unpaired) electrons. The highest BCUT2D eigenvalue weighted by Crippen LogP contribution is 2.18. The van der Waals surface area contributed by atoms with Crippen LogP contribution < -0.4 is 5.73 Å². The second-order valence-electron chi connectivity index (χ2n) is 3.48. The predicted octanol–water partition coefficient (Wildman–Crippen LogP) is 1.67. The van der Waals surface area contributed by atoms with Crippen LogP contribution in [-0.4, -0.2) is 11.0 Å². The largest absolute Gasteiger partial charge is 0.508 e. The molecule has 0 saturated carbocycles. The number of benzene rings is 1. The summed E-state index contributed by atoms with van der Waals surface area (Å²) in [7, 11) is 0. The summed E-state index contributed by atoms with van der Waals surface area (Å²) in [6.45, 7) is 3.60. The summed E-state index contributed by atoms with van der Waals surface area (Å²) < 4.78 is 0. The number of hydrogen-bond donors (Lipinski definition) is 2. The quantitative estimate of drug-likeness (QED) is 0.737. The number of hydrogen-bond acceptors (Lipinski definition) is 2. The molecule has 0 atom stereocenters. The number of aromatic hydroxyl groups is 1. The molecule has 0 heterocycles. The van der Waals surface area contributed by atoms with E-state index < -0.39 is 5.91 Å². The Hall–Kier alpha value is -1.77. The standard InChI is InChI=1S/C12H15NO2/c1-3-10(12(13)15)7-9-4-5-11(14)8(2)6-9/h3-6,14H,7H2,1-2H3,(H2,13,15). The maximum atomic E-state index is 11.0. The highest BCUT2D eigenvalue weighted by atomic mass is 16.3. The van der Waals surface area contributed by atoms with Crippen molar-refractivity contribution in [3.63, 3.8) is 0 Å². The van der Waals surface area contributed by atoms with Gasteiger partial charge in [0, 0.05) is 12.0 Å². The molecule has 0 aliphatic carbocycles. The molecule has 0 aromatic heterocycles. The molecule has 80 valence electrons. The van der Waals surface area contributed by atoms with Gasteiger partial charge in [0.05, 0.1) is 0 Å². The first-order valence-electron chi connectivity index (χ1n) is 4.78. The van der Waals surface area contributed by atoms with Crippen LogP contribution in [0, 0.1) is 6.92 Å². The van der Waals surface area contributed by atoms with Gasteiger partial charge in [-0.15, -0.1) is 0 Å². The molecule has 1 rings (SSSR count). The van der Waals surface area contributed by atoms with Gasteiger partial charge in [0.1, 0.15) is 5.75 Å². The Kier molecular flexibility index (Phi) is 3.50. The summed E-state index contributed by atoms with van der Waals surface area (Å²) in [4.78, 5) is 11.0. The Morgan fingerprint density at radius 2 is 2.20 bits per heavy atom. The maximum absolute atomic E-state index is 11.0. The minimum absolute atomic E-state index is 0.264. The van der Waals surface area contributed by atoms with Crippen molar-refractivity contribution in [3.8, 4) is 5.75 Å².